The fourth-order valence-electron chi connectivity index (χ4n) is 5.25. The molecule has 2 heterocycles. The maximum Gasteiger partial charge on any atom is 0.295 e. The Balaban J connectivity index is 1.92. The largest absolute Gasteiger partial charge is 0.295 e. The lowest BCUT2D eigenvalue weighted by molar-refractivity contribution is -0.633. The minimum atomic E-state index is 0.0414. The second kappa shape index (κ2) is 8.85. The van der Waals surface area contributed by atoms with Crippen molar-refractivity contribution in [3.8, 4) is 17.1 Å². The van der Waals surface area contributed by atoms with Crippen LogP contribution in [0.25, 0.3) is 38.3 Å². The molecule has 0 spiro atoms. The van der Waals surface area contributed by atoms with Crippen LogP contribution < -0.4 is 4.57 Å². The maximum atomic E-state index is 5.00. The summed E-state index contributed by atoms with van der Waals surface area (Å²) in [6, 6.07) is 20.3. The molecular weight excluding hydrogens is 458 g/mol. The Hall–Kier alpha value is -2.98. The third-order valence-corrected chi connectivity index (χ3v) is 8.64. The summed E-state index contributed by atoms with van der Waals surface area (Å²) in [7, 11) is 2.21. The van der Waals surface area contributed by atoms with E-state index in [1.54, 1.807) is 0 Å². The summed E-state index contributed by atoms with van der Waals surface area (Å²) in [6.07, 6.45) is 0. The Morgan fingerprint density at radius 2 is 1.53 bits per heavy atom. The molecule has 0 atom stereocenters. The van der Waals surface area contributed by atoms with Crippen molar-refractivity contribution in [2.45, 2.75) is 72.6 Å². The predicted molar refractivity (Wildman–Crippen MR) is 155 cm³/mol. The molecule has 0 fully saturated rings. The molecule has 186 valence electrons. The van der Waals surface area contributed by atoms with Crippen LogP contribution in [0.4, 0.5) is 0 Å². The van der Waals surface area contributed by atoms with Crippen LogP contribution in [0.2, 0.25) is 0 Å². The summed E-state index contributed by atoms with van der Waals surface area (Å²) in [6.45, 7) is 18.2. The molecule has 0 bridgehead atoms. The van der Waals surface area contributed by atoms with Gasteiger partial charge in [0.05, 0.1) is 27.8 Å². The van der Waals surface area contributed by atoms with Crippen molar-refractivity contribution in [2.24, 2.45) is 7.05 Å². The molecule has 3 nitrogen and oxygen atoms in total. The number of aromatic nitrogens is 3. The zero-order valence-corrected chi connectivity index (χ0v) is 23.9. The topological polar surface area (TPSA) is 21.7 Å². The third-order valence-electron chi connectivity index (χ3n) is 7.20. The molecule has 5 aromatic rings. The van der Waals surface area contributed by atoms with Crippen LogP contribution in [-0.2, 0) is 12.5 Å². The first-order valence-corrected chi connectivity index (χ1v) is 13.9. The minimum absolute atomic E-state index is 0.0414. The average Bonchev–Trinajstić information content (AvgIpc) is 3.36. The Kier molecular flexibility index (Phi) is 6.07. The van der Waals surface area contributed by atoms with E-state index in [0.717, 1.165) is 5.52 Å². The van der Waals surface area contributed by atoms with Gasteiger partial charge in [-0.25, -0.2) is 9.55 Å². The van der Waals surface area contributed by atoms with Crippen molar-refractivity contribution in [1.82, 2.24) is 9.55 Å². The van der Waals surface area contributed by atoms with Gasteiger partial charge in [-0.3, -0.25) is 0 Å². The van der Waals surface area contributed by atoms with E-state index < -0.39 is 0 Å². The summed E-state index contributed by atoms with van der Waals surface area (Å²) in [5, 5.41) is 1.19. The van der Waals surface area contributed by atoms with Gasteiger partial charge in [-0.2, -0.15) is 4.57 Å². The van der Waals surface area contributed by atoms with Crippen LogP contribution in [0.5, 0.6) is 0 Å². The van der Waals surface area contributed by atoms with Gasteiger partial charge in [-0.05, 0) is 48.6 Å². The zero-order valence-electron chi connectivity index (χ0n) is 23.1. The van der Waals surface area contributed by atoms with Gasteiger partial charge in [-0.1, -0.05) is 78.8 Å². The lowest BCUT2D eigenvalue weighted by Crippen LogP contribution is -2.30. The van der Waals surface area contributed by atoms with Crippen molar-refractivity contribution in [3.63, 3.8) is 0 Å². The van der Waals surface area contributed by atoms with E-state index in [9.17, 15) is 0 Å². The number of nitrogens with zero attached hydrogens (tertiary/aromatic N) is 3. The molecule has 0 saturated carbocycles. The van der Waals surface area contributed by atoms with Crippen LogP contribution in [0.1, 0.15) is 82.0 Å². The second-order valence-electron chi connectivity index (χ2n) is 11.7. The second-order valence-corrected chi connectivity index (χ2v) is 12.7. The van der Waals surface area contributed by atoms with Crippen LogP contribution in [0.3, 0.4) is 0 Å². The zero-order chi connectivity index (χ0) is 25.9. The first kappa shape index (κ1) is 24.7. The number of imidazole rings is 1. The van der Waals surface area contributed by atoms with Crippen molar-refractivity contribution in [3.05, 3.63) is 76.3 Å². The number of benzene rings is 3. The standard InChI is InChI=1S/C32H38N3S/c1-19(2)22-13-12-14-23(20(3)4)29(22)35-27-16-11-10-15-26(27)34(9)30(35)24-18-28-25(17-21(24)5)33-31(36-28)32(6,7)8/h10-20H,1-9H3/q+1. The molecule has 3 aromatic carbocycles. The van der Waals surface area contributed by atoms with Crippen molar-refractivity contribution < 1.29 is 4.57 Å². The molecular formula is C32H38N3S+. The van der Waals surface area contributed by atoms with Gasteiger partial charge in [0.2, 0.25) is 0 Å². The van der Waals surface area contributed by atoms with Gasteiger partial charge in [0.15, 0.2) is 11.0 Å². The quantitative estimate of drug-likeness (QED) is 0.228. The Labute approximate surface area is 219 Å². The van der Waals surface area contributed by atoms with E-state index in [-0.39, 0.29) is 5.41 Å². The van der Waals surface area contributed by atoms with Crippen LogP contribution in [0.15, 0.2) is 54.6 Å². The van der Waals surface area contributed by atoms with Gasteiger partial charge in [-0.15, -0.1) is 11.3 Å². The van der Waals surface area contributed by atoms with Gasteiger partial charge < -0.3 is 0 Å². The predicted octanol–water partition coefficient (Wildman–Crippen LogP) is 8.58. The third kappa shape index (κ3) is 3.96. The van der Waals surface area contributed by atoms with Gasteiger partial charge >= 0.3 is 0 Å². The highest BCUT2D eigenvalue weighted by Gasteiger charge is 2.31. The van der Waals surface area contributed by atoms with E-state index in [4.69, 9.17) is 4.98 Å². The molecule has 0 aliphatic heterocycles. The number of para-hydroxylation sites is 3. The first-order chi connectivity index (χ1) is 17.0. The molecule has 4 heteroatoms. The number of fused-ring (bicyclic) bond motifs is 2. The van der Waals surface area contributed by atoms with E-state index in [0.29, 0.717) is 11.8 Å². The lowest BCUT2D eigenvalue weighted by atomic mass is 9.92. The van der Waals surface area contributed by atoms with Gasteiger partial charge in [0.1, 0.15) is 5.69 Å². The molecule has 5 rings (SSSR count). The maximum absolute atomic E-state index is 5.00. The SMILES string of the molecule is Cc1cc2nc(C(C)(C)C)sc2cc1-c1n(-c2c(C(C)C)cccc2C(C)C)c2ccccc2[n+]1C. The number of hydrogen-bond donors (Lipinski definition) is 0. The van der Waals surface area contributed by atoms with E-state index in [1.165, 1.54) is 54.5 Å². The lowest BCUT2D eigenvalue weighted by Gasteiger charge is -2.18. The van der Waals surface area contributed by atoms with Crippen molar-refractivity contribution in [2.75, 3.05) is 0 Å². The molecule has 36 heavy (non-hydrogen) atoms. The van der Waals surface area contributed by atoms with Crippen LogP contribution in [0, 0.1) is 6.92 Å². The molecule has 0 unspecified atom stereocenters. The first-order valence-electron chi connectivity index (χ1n) is 13.0. The van der Waals surface area contributed by atoms with E-state index in [1.807, 2.05) is 11.3 Å². The summed E-state index contributed by atoms with van der Waals surface area (Å²) >= 11 is 1.82. The number of thiazole rings is 1. The summed E-state index contributed by atoms with van der Waals surface area (Å²) in [5.74, 6) is 2.05. The summed E-state index contributed by atoms with van der Waals surface area (Å²) in [5.41, 5.74) is 10.2. The monoisotopic (exact) mass is 496 g/mol. The minimum Gasteiger partial charge on any atom is -0.241 e. The van der Waals surface area contributed by atoms with Crippen molar-refractivity contribution >= 4 is 32.6 Å². The highest BCUT2D eigenvalue weighted by molar-refractivity contribution is 7.18. The van der Waals surface area contributed by atoms with Crippen LogP contribution in [-0.4, -0.2) is 9.55 Å². The van der Waals surface area contributed by atoms with E-state index in [2.05, 4.69) is 126 Å². The highest BCUT2D eigenvalue weighted by Crippen LogP contribution is 2.39. The van der Waals surface area contributed by atoms with Crippen LogP contribution >= 0.6 is 11.3 Å². The number of rotatable bonds is 4. The number of hydrogen-bond acceptors (Lipinski definition) is 2. The molecule has 0 saturated heterocycles. The molecule has 0 aliphatic rings. The molecule has 2 aromatic heterocycles. The summed E-state index contributed by atoms with van der Waals surface area (Å²) in [4.78, 5) is 5.00. The Morgan fingerprint density at radius 3 is 2.14 bits per heavy atom. The highest BCUT2D eigenvalue weighted by atomic mass is 32.1. The molecule has 0 radical (unpaired) electrons. The fraction of sp³-hybridized carbons (Fsp3) is 0.375. The van der Waals surface area contributed by atoms with Crippen molar-refractivity contribution in [1.29, 1.82) is 0 Å². The molecule has 0 aliphatic carbocycles. The molecule has 0 N–H and O–H groups in total. The average molecular weight is 497 g/mol. The summed E-state index contributed by atoms with van der Waals surface area (Å²) < 4.78 is 6.15. The van der Waals surface area contributed by atoms with Gasteiger partial charge in [0.25, 0.3) is 5.82 Å². The Morgan fingerprint density at radius 1 is 0.889 bits per heavy atom. The number of aryl methyl sites for hydroxylation is 2. The molecule has 0 amide bonds. The Bertz CT molecular complexity index is 1570. The van der Waals surface area contributed by atoms with Gasteiger partial charge in [0, 0.05) is 16.5 Å². The fourth-order valence-corrected chi connectivity index (χ4v) is 6.30. The normalized spacial score (nSPS) is 12.5. The van der Waals surface area contributed by atoms with E-state index >= 15 is 0 Å². The smallest absolute Gasteiger partial charge is 0.241 e.